The summed E-state index contributed by atoms with van der Waals surface area (Å²) in [6.45, 7) is 0.729. The first-order chi connectivity index (χ1) is 8.34. The van der Waals surface area contributed by atoms with Gasteiger partial charge in [0.1, 0.15) is 5.75 Å². The average Bonchev–Trinajstić information content (AvgIpc) is 2.38. The first-order valence-corrected chi connectivity index (χ1v) is 6.06. The third-order valence-electron chi connectivity index (χ3n) is 2.48. The van der Waals surface area contributed by atoms with Crippen molar-refractivity contribution in [2.24, 2.45) is 0 Å². The van der Waals surface area contributed by atoms with Crippen LogP contribution in [-0.4, -0.2) is 6.61 Å². The molecule has 87 valence electrons. The molecule has 0 N–H and O–H groups in total. The SMILES string of the molecule is Clc1ccc(CCCOc2cc[c]cc2)cc1. The molecule has 1 nitrogen and oxygen atoms in total. The molecule has 17 heavy (non-hydrogen) atoms. The maximum atomic E-state index is 5.83. The number of benzene rings is 2. The second-order valence-corrected chi connectivity index (χ2v) is 4.25. The summed E-state index contributed by atoms with van der Waals surface area (Å²) in [6.07, 6.45) is 2.01. The molecule has 0 fully saturated rings. The van der Waals surface area contributed by atoms with E-state index in [1.165, 1.54) is 5.56 Å². The molecule has 0 heterocycles. The van der Waals surface area contributed by atoms with E-state index >= 15 is 0 Å². The van der Waals surface area contributed by atoms with Gasteiger partial charge in [0, 0.05) is 5.02 Å². The van der Waals surface area contributed by atoms with E-state index in [2.05, 4.69) is 18.2 Å². The fraction of sp³-hybridized carbons (Fsp3) is 0.200. The third kappa shape index (κ3) is 4.12. The minimum atomic E-state index is 0.729. The Hall–Kier alpha value is -1.47. The van der Waals surface area contributed by atoms with Crippen molar-refractivity contribution in [3.8, 4) is 5.75 Å². The summed E-state index contributed by atoms with van der Waals surface area (Å²) in [4.78, 5) is 0. The van der Waals surface area contributed by atoms with Crippen LogP contribution in [0.2, 0.25) is 5.02 Å². The van der Waals surface area contributed by atoms with Crippen molar-refractivity contribution in [1.29, 1.82) is 0 Å². The smallest absolute Gasteiger partial charge is 0.119 e. The zero-order chi connectivity index (χ0) is 11.9. The van der Waals surface area contributed by atoms with Gasteiger partial charge in [-0.15, -0.1) is 0 Å². The second kappa shape index (κ2) is 6.31. The van der Waals surface area contributed by atoms with Crippen LogP contribution in [-0.2, 0) is 6.42 Å². The lowest BCUT2D eigenvalue weighted by Gasteiger charge is -2.05. The first kappa shape index (κ1) is 12.0. The van der Waals surface area contributed by atoms with Crippen LogP contribution in [0.1, 0.15) is 12.0 Å². The Kier molecular flexibility index (Phi) is 4.45. The third-order valence-corrected chi connectivity index (χ3v) is 2.73. The number of halogens is 1. The van der Waals surface area contributed by atoms with E-state index in [0.29, 0.717) is 0 Å². The molecule has 0 aliphatic heterocycles. The van der Waals surface area contributed by atoms with Crippen molar-refractivity contribution >= 4 is 11.6 Å². The van der Waals surface area contributed by atoms with Gasteiger partial charge in [0.25, 0.3) is 0 Å². The molecule has 0 saturated carbocycles. The van der Waals surface area contributed by atoms with Crippen LogP contribution >= 0.6 is 11.6 Å². The zero-order valence-electron chi connectivity index (χ0n) is 9.53. The van der Waals surface area contributed by atoms with Gasteiger partial charge in [-0.3, -0.25) is 0 Å². The van der Waals surface area contributed by atoms with Crippen LogP contribution in [0.4, 0.5) is 0 Å². The highest BCUT2D eigenvalue weighted by Crippen LogP contribution is 2.12. The average molecular weight is 246 g/mol. The van der Waals surface area contributed by atoms with E-state index in [9.17, 15) is 0 Å². The van der Waals surface area contributed by atoms with Crippen LogP contribution in [0.25, 0.3) is 0 Å². The minimum absolute atomic E-state index is 0.729. The Bertz CT molecular complexity index is 436. The molecule has 0 unspecified atom stereocenters. The monoisotopic (exact) mass is 245 g/mol. The molecular weight excluding hydrogens is 232 g/mol. The maximum absolute atomic E-state index is 5.83. The van der Waals surface area contributed by atoms with E-state index in [1.54, 1.807) is 0 Å². The summed E-state index contributed by atoms with van der Waals surface area (Å²) in [7, 11) is 0. The summed E-state index contributed by atoms with van der Waals surface area (Å²) < 4.78 is 5.61. The van der Waals surface area contributed by atoms with E-state index < -0.39 is 0 Å². The predicted octanol–water partition coefficient (Wildman–Crippen LogP) is 4.15. The Labute approximate surface area is 107 Å². The van der Waals surface area contributed by atoms with Gasteiger partial charge in [-0.1, -0.05) is 35.9 Å². The Balaban J connectivity index is 1.71. The van der Waals surface area contributed by atoms with Crippen molar-refractivity contribution in [3.05, 3.63) is 65.2 Å². The lowest BCUT2D eigenvalue weighted by Crippen LogP contribution is -1.99. The van der Waals surface area contributed by atoms with Gasteiger partial charge in [0.15, 0.2) is 0 Å². The predicted molar refractivity (Wildman–Crippen MR) is 70.5 cm³/mol. The first-order valence-electron chi connectivity index (χ1n) is 5.68. The molecule has 0 atom stereocenters. The molecular formula is C15H14ClO. The van der Waals surface area contributed by atoms with Gasteiger partial charge in [0.2, 0.25) is 0 Å². The van der Waals surface area contributed by atoms with E-state index in [1.807, 2.05) is 36.4 Å². The van der Waals surface area contributed by atoms with Crippen LogP contribution in [0.15, 0.2) is 48.5 Å². The van der Waals surface area contributed by atoms with Crippen molar-refractivity contribution in [3.63, 3.8) is 0 Å². The van der Waals surface area contributed by atoms with Crippen molar-refractivity contribution in [2.45, 2.75) is 12.8 Å². The van der Waals surface area contributed by atoms with Gasteiger partial charge in [-0.2, -0.15) is 0 Å². The normalized spacial score (nSPS) is 10.2. The lowest BCUT2D eigenvalue weighted by molar-refractivity contribution is 0.311. The Morgan fingerprint density at radius 2 is 1.71 bits per heavy atom. The molecule has 0 amide bonds. The highest BCUT2D eigenvalue weighted by Gasteiger charge is 1.95. The molecule has 0 bridgehead atoms. The summed E-state index contributed by atoms with van der Waals surface area (Å²) in [5, 5.41) is 0.783. The summed E-state index contributed by atoms with van der Waals surface area (Å²) in [6, 6.07) is 18.5. The maximum Gasteiger partial charge on any atom is 0.119 e. The van der Waals surface area contributed by atoms with E-state index in [0.717, 1.165) is 30.2 Å². The van der Waals surface area contributed by atoms with Gasteiger partial charge in [0.05, 0.1) is 6.61 Å². The topological polar surface area (TPSA) is 9.23 Å². The van der Waals surface area contributed by atoms with E-state index in [4.69, 9.17) is 16.3 Å². The highest BCUT2D eigenvalue weighted by atomic mass is 35.5. The molecule has 0 spiro atoms. The van der Waals surface area contributed by atoms with Gasteiger partial charge in [-0.25, -0.2) is 0 Å². The van der Waals surface area contributed by atoms with E-state index in [-0.39, 0.29) is 0 Å². The lowest BCUT2D eigenvalue weighted by atomic mass is 10.1. The van der Waals surface area contributed by atoms with Gasteiger partial charge >= 0.3 is 0 Å². The molecule has 2 aromatic rings. The van der Waals surface area contributed by atoms with Crippen LogP contribution in [0.3, 0.4) is 0 Å². The standard InChI is InChI=1S/C15H14ClO/c16-14-10-8-13(9-11-14)5-4-12-17-15-6-2-1-3-7-15/h2-3,6-11H,4-5,12H2. The minimum Gasteiger partial charge on any atom is -0.494 e. The molecule has 2 rings (SSSR count). The van der Waals surface area contributed by atoms with Gasteiger partial charge in [-0.05, 0) is 48.7 Å². The van der Waals surface area contributed by atoms with Crippen molar-refractivity contribution < 1.29 is 4.74 Å². The fourth-order valence-electron chi connectivity index (χ4n) is 1.59. The molecule has 0 aliphatic rings. The quantitative estimate of drug-likeness (QED) is 0.719. The van der Waals surface area contributed by atoms with Gasteiger partial charge < -0.3 is 4.74 Å². The zero-order valence-corrected chi connectivity index (χ0v) is 10.3. The second-order valence-electron chi connectivity index (χ2n) is 3.81. The van der Waals surface area contributed by atoms with Crippen molar-refractivity contribution in [1.82, 2.24) is 0 Å². The summed E-state index contributed by atoms with van der Waals surface area (Å²) >= 11 is 5.83. The number of rotatable bonds is 5. The molecule has 0 saturated heterocycles. The molecule has 1 radical (unpaired) electrons. The fourth-order valence-corrected chi connectivity index (χ4v) is 1.71. The molecule has 2 aromatic carbocycles. The molecule has 2 heteroatoms. The van der Waals surface area contributed by atoms with Crippen LogP contribution in [0, 0.1) is 6.07 Å². The largest absolute Gasteiger partial charge is 0.494 e. The number of aryl methyl sites for hydroxylation is 1. The highest BCUT2D eigenvalue weighted by molar-refractivity contribution is 6.30. The number of hydrogen-bond donors (Lipinski definition) is 0. The Morgan fingerprint density at radius 1 is 1.00 bits per heavy atom. The number of ether oxygens (including phenoxy) is 1. The molecule has 0 aliphatic carbocycles. The molecule has 0 aromatic heterocycles. The van der Waals surface area contributed by atoms with Crippen LogP contribution in [0.5, 0.6) is 5.75 Å². The summed E-state index contributed by atoms with van der Waals surface area (Å²) in [5.74, 6) is 0.903. The summed E-state index contributed by atoms with van der Waals surface area (Å²) in [5.41, 5.74) is 1.29. The van der Waals surface area contributed by atoms with Crippen molar-refractivity contribution in [2.75, 3.05) is 6.61 Å². The number of hydrogen-bond acceptors (Lipinski definition) is 1. The Morgan fingerprint density at radius 3 is 2.41 bits per heavy atom. The van der Waals surface area contributed by atoms with Crippen LogP contribution < -0.4 is 4.74 Å².